The smallest absolute Gasteiger partial charge is 0.394 e. The van der Waals surface area contributed by atoms with Crippen LogP contribution in [0.3, 0.4) is 0 Å². The summed E-state index contributed by atoms with van der Waals surface area (Å²) in [5.74, 6) is 0. The van der Waals surface area contributed by atoms with Crippen LogP contribution >= 0.6 is 11.8 Å². The summed E-state index contributed by atoms with van der Waals surface area (Å²) in [5, 5.41) is 43.3. The molecular formula is C15H18N2O9S2. The van der Waals surface area contributed by atoms with Crippen molar-refractivity contribution < 1.29 is 42.4 Å². The van der Waals surface area contributed by atoms with Crippen LogP contribution < -0.4 is 0 Å². The zero-order valence-corrected chi connectivity index (χ0v) is 15.7. The van der Waals surface area contributed by atoms with Crippen LogP contribution in [0.2, 0.25) is 0 Å². The fourth-order valence-electron chi connectivity index (χ4n) is 2.74. The highest BCUT2D eigenvalue weighted by Crippen LogP contribution is 2.33. The number of aliphatic hydroxyl groups is 4. The van der Waals surface area contributed by atoms with Crippen LogP contribution in [0.15, 0.2) is 35.6 Å². The lowest BCUT2D eigenvalue weighted by molar-refractivity contribution is -0.205. The lowest BCUT2D eigenvalue weighted by Crippen LogP contribution is -2.57. The van der Waals surface area contributed by atoms with Gasteiger partial charge < -0.3 is 30.1 Å². The summed E-state index contributed by atoms with van der Waals surface area (Å²) < 4.78 is 40.2. The molecule has 11 nitrogen and oxygen atoms in total. The average molecular weight is 434 g/mol. The summed E-state index contributed by atoms with van der Waals surface area (Å²) in [6.07, 6.45) is -4.38. The number of oxime groups is 1. The van der Waals surface area contributed by atoms with E-state index in [0.29, 0.717) is 28.2 Å². The van der Waals surface area contributed by atoms with E-state index in [2.05, 4.69) is 14.4 Å². The van der Waals surface area contributed by atoms with Gasteiger partial charge in [0.2, 0.25) is 0 Å². The molecule has 13 heteroatoms. The second-order valence-corrected chi connectivity index (χ2v) is 8.05. The number of aliphatic hydroxyl groups excluding tert-OH is 4. The second-order valence-electron chi connectivity index (χ2n) is 5.96. The summed E-state index contributed by atoms with van der Waals surface area (Å²) in [4.78, 5) is 2.96. The maximum absolute atomic E-state index is 10.9. The van der Waals surface area contributed by atoms with Crippen LogP contribution in [0.1, 0.15) is 5.56 Å². The molecular weight excluding hydrogens is 416 g/mol. The van der Waals surface area contributed by atoms with Gasteiger partial charge in [-0.3, -0.25) is 4.55 Å². The van der Waals surface area contributed by atoms with Gasteiger partial charge in [0.25, 0.3) is 0 Å². The predicted octanol–water partition coefficient (Wildman–Crippen LogP) is -0.818. The van der Waals surface area contributed by atoms with Crippen molar-refractivity contribution in [2.24, 2.45) is 5.16 Å². The molecule has 1 aliphatic rings. The van der Waals surface area contributed by atoms with Gasteiger partial charge in [-0.15, -0.1) is 0 Å². The number of hydrogen-bond donors (Lipinski definition) is 6. The SMILES string of the molecule is O=S(=O)(O)O/N=C(/S[C@@H]1O[C@H](CO)[C@@H](O)[C@H](O)[C@H]1O)c1c[nH]c2ccccc12. The van der Waals surface area contributed by atoms with Gasteiger partial charge in [0, 0.05) is 22.7 Å². The highest BCUT2D eigenvalue weighted by molar-refractivity contribution is 8.14. The molecule has 0 saturated carbocycles. The van der Waals surface area contributed by atoms with Crippen molar-refractivity contribution in [2.75, 3.05) is 6.61 Å². The van der Waals surface area contributed by atoms with Crippen LogP contribution in [0.5, 0.6) is 0 Å². The number of benzene rings is 1. The molecule has 0 radical (unpaired) electrons. The van der Waals surface area contributed by atoms with Gasteiger partial charge in [-0.05, 0) is 6.07 Å². The van der Waals surface area contributed by atoms with Gasteiger partial charge in [-0.1, -0.05) is 35.1 Å². The predicted molar refractivity (Wildman–Crippen MR) is 98.8 cm³/mol. The first-order valence-corrected chi connectivity index (χ1v) is 10.2. The second kappa shape index (κ2) is 8.34. The average Bonchev–Trinajstić information content (AvgIpc) is 3.08. The zero-order chi connectivity index (χ0) is 20.5. The van der Waals surface area contributed by atoms with Gasteiger partial charge in [0.05, 0.1) is 6.61 Å². The van der Waals surface area contributed by atoms with Crippen LogP contribution in [-0.2, 0) is 19.4 Å². The first kappa shape index (κ1) is 21.0. The highest BCUT2D eigenvalue weighted by Gasteiger charge is 2.44. The van der Waals surface area contributed by atoms with E-state index in [4.69, 9.17) is 9.29 Å². The molecule has 1 aromatic carbocycles. The van der Waals surface area contributed by atoms with Crippen molar-refractivity contribution >= 4 is 38.1 Å². The molecule has 1 fully saturated rings. The van der Waals surface area contributed by atoms with E-state index in [1.807, 2.05) is 0 Å². The van der Waals surface area contributed by atoms with Gasteiger partial charge in [0.1, 0.15) is 34.9 Å². The Kier molecular flexibility index (Phi) is 6.26. The Morgan fingerprint density at radius 2 is 1.93 bits per heavy atom. The van der Waals surface area contributed by atoms with E-state index in [0.717, 1.165) is 0 Å². The molecule has 28 heavy (non-hydrogen) atoms. The standard InChI is InChI=1S/C15H18N2O9S2/c18-6-10-11(19)12(20)13(21)15(25-10)27-14(17-26-28(22,23)24)8-5-16-9-4-2-1-3-7(8)9/h1-5,10-13,15-16,18-21H,6H2,(H,22,23,24)/b17-14+/t10-,11-,12+,13-,15+/m1/s1. The van der Waals surface area contributed by atoms with Gasteiger partial charge in [-0.2, -0.15) is 8.42 Å². The number of nitrogens with zero attached hydrogens (tertiary/aromatic N) is 1. The molecule has 0 amide bonds. The Morgan fingerprint density at radius 1 is 1.21 bits per heavy atom. The molecule has 0 spiro atoms. The molecule has 0 bridgehead atoms. The van der Waals surface area contributed by atoms with Crippen LogP contribution in [0.25, 0.3) is 10.9 Å². The minimum Gasteiger partial charge on any atom is -0.394 e. The normalized spacial score (nSPS) is 29.2. The maximum Gasteiger partial charge on any atom is 0.466 e. The Balaban J connectivity index is 1.96. The third kappa shape index (κ3) is 4.47. The Bertz CT molecular complexity index is 959. The number of para-hydroxylation sites is 1. The largest absolute Gasteiger partial charge is 0.466 e. The summed E-state index contributed by atoms with van der Waals surface area (Å²) in [6, 6.07) is 6.99. The van der Waals surface area contributed by atoms with Crippen molar-refractivity contribution in [3.8, 4) is 0 Å². The topological polar surface area (TPSA) is 182 Å². The molecule has 6 N–H and O–H groups in total. The molecule has 0 aliphatic carbocycles. The monoisotopic (exact) mass is 434 g/mol. The van der Waals surface area contributed by atoms with E-state index < -0.39 is 46.9 Å². The number of ether oxygens (including phenoxy) is 1. The molecule has 0 unspecified atom stereocenters. The zero-order valence-electron chi connectivity index (χ0n) is 14.1. The van der Waals surface area contributed by atoms with Gasteiger partial charge >= 0.3 is 10.4 Å². The Morgan fingerprint density at radius 3 is 2.61 bits per heavy atom. The number of fused-ring (bicyclic) bond motifs is 1. The third-order valence-electron chi connectivity index (χ3n) is 4.11. The number of hydrogen-bond acceptors (Lipinski definition) is 10. The minimum atomic E-state index is -4.90. The Labute approximate surface area is 163 Å². The van der Waals surface area contributed by atoms with E-state index in [9.17, 15) is 28.8 Å². The van der Waals surface area contributed by atoms with Crippen molar-refractivity contribution in [1.29, 1.82) is 0 Å². The molecule has 1 aliphatic heterocycles. The van der Waals surface area contributed by atoms with Gasteiger partial charge in [0.15, 0.2) is 0 Å². The van der Waals surface area contributed by atoms with Crippen LogP contribution in [0, 0.1) is 0 Å². The van der Waals surface area contributed by atoms with Crippen molar-refractivity contribution in [3.63, 3.8) is 0 Å². The quantitative estimate of drug-likeness (QED) is 0.150. The molecule has 154 valence electrons. The number of aromatic amines is 1. The first-order valence-electron chi connectivity index (χ1n) is 7.99. The number of H-pyrrole nitrogens is 1. The molecule has 5 atom stereocenters. The molecule has 3 rings (SSSR count). The molecule has 1 aromatic heterocycles. The number of nitrogens with one attached hydrogen (secondary N) is 1. The van der Waals surface area contributed by atoms with E-state index in [-0.39, 0.29) is 5.04 Å². The fraction of sp³-hybridized carbons (Fsp3) is 0.400. The summed E-state index contributed by atoms with van der Waals surface area (Å²) >= 11 is 0.687. The van der Waals surface area contributed by atoms with Crippen molar-refractivity contribution in [1.82, 2.24) is 4.98 Å². The molecule has 2 aromatic rings. The number of aromatic nitrogens is 1. The van der Waals surface area contributed by atoms with E-state index in [1.165, 1.54) is 6.20 Å². The lowest BCUT2D eigenvalue weighted by atomic mass is 10.0. The Hall–Kier alpha value is -1.71. The summed E-state index contributed by atoms with van der Waals surface area (Å²) in [6.45, 7) is -0.622. The van der Waals surface area contributed by atoms with Crippen molar-refractivity contribution in [2.45, 2.75) is 29.9 Å². The number of thioether (sulfide) groups is 1. The summed E-state index contributed by atoms with van der Waals surface area (Å²) in [7, 11) is -4.90. The van der Waals surface area contributed by atoms with Crippen LogP contribution in [-0.4, -0.2) is 79.9 Å². The van der Waals surface area contributed by atoms with E-state index >= 15 is 0 Å². The minimum absolute atomic E-state index is 0.0978. The van der Waals surface area contributed by atoms with Gasteiger partial charge in [-0.25, -0.2) is 4.28 Å². The third-order valence-corrected chi connectivity index (χ3v) is 5.51. The van der Waals surface area contributed by atoms with Crippen LogP contribution in [0.4, 0.5) is 0 Å². The number of rotatable bonds is 5. The fourth-order valence-corrected chi connectivity index (χ4v) is 4.05. The highest BCUT2D eigenvalue weighted by atomic mass is 32.3. The van der Waals surface area contributed by atoms with E-state index in [1.54, 1.807) is 24.3 Å². The van der Waals surface area contributed by atoms with Crippen molar-refractivity contribution in [3.05, 3.63) is 36.0 Å². The first-order chi connectivity index (χ1) is 13.2. The molecule has 1 saturated heterocycles. The lowest BCUT2D eigenvalue weighted by Gasteiger charge is -2.39. The molecule has 2 heterocycles. The maximum atomic E-state index is 10.9. The summed E-state index contributed by atoms with van der Waals surface area (Å²) in [5.41, 5.74) is -0.152.